The summed E-state index contributed by atoms with van der Waals surface area (Å²) in [5, 5.41) is 0.597. The molecule has 98 valence electrons. The molecule has 5 heteroatoms. The van der Waals surface area contributed by atoms with E-state index in [1.54, 1.807) is 37.4 Å². The lowest BCUT2D eigenvalue weighted by atomic mass is 10.1. The summed E-state index contributed by atoms with van der Waals surface area (Å²) in [5.41, 5.74) is 1.61. The van der Waals surface area contributed by atoms with Gasteiger partial charge in [-0.25, -0.2) is 8.42 Å². The Bertz CT molecular complexity index is 761. The molecule has 0 radical (unpaired) electrons. The van der Waals surface area contributed by atoms with Crippen LogP contribution in [0.5, 0.6) is 0 Å². The van der Waals surface area contributed by atoms with Crippen LogP contribution < -0.4 is 4.72 Å². The van der Waals surface area contributed by atoms with Gasteiger partial charge in [-0.15, -0.1) is 6.42 Å². The van der Waals surface area contributed by atoms with E-state index in [0.29, 0.717) is 10.9 Å². The third kappa shape index (κ3) is 2.60. The lowest BCUT2D eigenvalue weighted by molar-refractivity contribution is 0.578. The zero-order chi connectivity index (χ0) is 14.0. The van der Waals surface area contributed by atoms with Crippen molar-refractivity contribution in [3.05, 3.63) is 36.0 Å². The third-order valence-electron chi connectivity index (χ3n) is 2.80. The van der Waals surface area contributed by atoms with Crippen LogP contribution in [-0.4, -0.2) is 19.4 Å². The molecule has 0 spiro atoms. The number of terminal acetylenes is 1. The quantitative estimate of drug-likeness (QED) is 0.869. The van der Waals surface area contributed by atoms with Gasteiger partial charge in [-0.3, -0.25) is 4.98 Å². The van der Waals surface area contributed by atoms with Gasteiger partial charge in [0, 0.05) is 11.6 Å². The second-order valence-corrected chi connectivity index (χ2v) is 5.97. The standard InChI is InChI=1S/C14H14N2O2S/c1-4-11(3)16-19(17,18)13-8-7-10(2)14-12(13)6-5-9-15-14/h1,5-9,11,16H,2-3H3. The van der Waals surface area contributed by atoms with Crippen LogP contribution in [0.4, 0.5) is 0 Å². The fraction of sp³-hybridized carbons (Fsp3) is 0.214. The van der Waals surface area contributed by atoms with Gasteiger partial charge in [0.05, 0.1) is 16.5 Å². The zero-order valence-electron chi connectivity index (χ0n) is 10.7. The third-order valence-corrected chi connectivity index (χ3v) is 4.40. The summed E-state index contributed by atoms with van der Waals surface area (Å²) < 4.78 is 27.0. The molecule has 0 amide bonds. The van der Waals surface area contributed by atoms with Crippen molar-refractivity contribution in [3.8, 4) is 12.3 Å². The number of aromatic nitrogens is 1. The summed E-state index contributed by atoms with van der Waals surface area (Å²) in [5.74, 6) is 2.34. The van der Waals surface area contributed by atoms with Crippen molar-refractivity contribution in [1.82, 2.24) is 9.71 Å². The number of hydrogen-bond acceptors (Lipinski definition) is 3. The summed E-state index contributed by atoms with van der Waals surface area (Å²) in [7, 11) is -3.65. The normalized spacial score (nSPS) is 13.1. The maximum atomic E-state index is 12.3. The summed E-state index contributed by atoms with van der Waals surface area (Å²) in [6.45, 7) is 3.51. The van der Waals surface area contributed by atoms with Crippen molar-refractivity contribution in [1.29, 1.82) is 0 Å². The van der Waals surface area contributed by atoms with Gasteiger partial charge in [0.25, 0.3) is 0 Å². The maximum absolute atomic E-state index is 12.3. The molecular formula is C14H14N2O2S. The molecule has 0 fully saturated rings. The minimum absolute atomic E-state index is 0.198. The highest BCUT2D eigenvalue weighted by Gasteiger charge is 2.19. The van der Waals surface area contributed by atoms with E-state index in [1.165, 1.54) is 0 Å². The largest absolute Gasteiger partial charge is 0.256 e. The second-order valence-electron chi connectivity index (χ2n) is 4.29. The van der Waals surface area contributed by atoms with Gasteiger partial charge in [-0.1, -0.05) is 12.0 Å². The Morgan fingerprint density at radius 1 is 1.37 bits per heavy atom. The topological polar surface area (TPSA) is 59.1 Å². The molecule has 4 nitrogen and oxygen atoms in total. The van der Waals surface area contributed by atoms with Crippen LogP contribution in [0, 0.1) is 19.3 Å². The number of rotatable bonds is 3. The van der Waals surface area contributed by atoms with Crippen molar-refractivity contribution < 1.29 is 8.42 Å². The van der Waals surface area contributed by atoms with Crippen LogP contribution in [0.2, 0.25) is 0 Å². The number of aryl methyl sites for hydroxylation is 1. The van der Waals surface area contributed by atoms with Crippen LogP contribution in [0.1, 0.15) is 12.5 Å². The Balaban J connectivity index is 2.65. The van der Waals surface area contributed by atoms with E-state index in [0.717, 1.165) is 5.56 Å². The van der Waals surface area contributed by atoms with Gasteiger partial charge in [0.15, 0.2) is 0 Å². The first kappa shape index (κ1) is 13.5. The lowest BCUT2D eigenvalue weighted by Crippen LogP contribution is -2.31. The van der Waals surface area contributed by atoms with E-state index in [9.17, 15) is 8.42 Å². The molecule has 1 unspecified atom stereocenters. The van der Waals surface area contributed by atoms with Crippen molar-refractivity contribution in [3.63, 3.8) is 0 Å². The minimum atomic E-state index is -3.65. The number of nitrogens with one attached hydrogen (secondary N) is 1. The average Bonchev–Trinajstić information content (AvgIpc) is 2.38. The number of sulfonamides is 1. The molecule has 19 heavy (non-hydrogen) atoms. The number of fused-ring (bicyclic) bond motifs is 1. The van der Waals surface area contributed by atoms with Crippen LogP contribution in [0.3, 0.4) is 0 Å². The van der Waals surface area contributed by atoms with Crippen molar-refractivity contribution >= 4 is 20.9 Å². The van der Waals surface area contributed by atoms with Crippen LogP contribution >= 0.6 is 0 Å². The first-order chi connectivity index (χ1) is 8.95. The fourth-order valence-electron chi connectivity index (χ4n) is 1.85. The minimum Gasteiger partial charge on any atom is -0.256 e. The van der Waals surface area contributed by atoms with Crippen molar-refractivity contribution in [2.75, 3.05) is 0 Å². The molecule has 1 aromatic heterocycles. The predicted octanol–water partition coefficient (Wildman–Crippen LogP) is 1.84. The highest BCUT2D eigenvalue weighted by molar-refractivity contribution is 7.89. The molecule has 0 aliphatic heterocycles. The monoisotopic (exact) mass is 274 g/mol. The summed E-state index contributed by atoms with van der Waals surface area (Å²) in [4.78, 5) is 4.42. The molecule has 1 heterocycles. The summed E-state index contributed by atoms with van der Waals surface area (Å²) >= 11 is 0. The van der Waals surface area contributed by atoms with Gasteiger partial charge >= 0.3 is 0 Å². The van der Waals surface area contributed by atoms with Crippen LogP contribution in [-0.2, 0) is 10.0 Å². The van der Waals surface area contributed by atoms with E-state index >= 15 is 0 Å². The number of nitrogens with zero attached hydrogens (tertiary/aromatic N) is 1. The molecule has 0 aliphatic rings. The highest BCUT2D eigenvalue weighted by atomic mass is 32.2. The van der Waals surface area contributed by atoms with Crippen molar-refractivity contribution in [2.45, 2.75) is 24.8 Å². The Morgan fingerprint density at radius 2 is 2.11 bits per heavy atom. The number of benzene rings is 1. The van der Waals surface area contributed by atoms with E-state index in [1.807, 2.05) is 6.92 Å². The second kappa shape index (κ2) is 5.00. The fourth-order valence-corrected chi connectivity index (χ4v) is 3.21. The van der Waals surface area contributed by atoms with Gasteiger partial charge in [-0.05, 0) is 37.6 Å². The molecule has 1 atom stereocenters. The van der Waals surface area contributed by atoms with Crippen LogP contribution in [0.15, 0.2) is 35.4 Å². The zero-order valence-corrected chi connectivity index (χ0v) is 11.5. The molecule has 1 aromatic carbocycles. The Labute approximate surface area is 112 Å². The van der Waals surface area contributed by atoms with Gasteiger partial charge in [0.1, 0.15) is 0 Å². The molecule has 2 rings (SSSR count). The van der Waals surface area contributed by atoms with E-state index in [2.05, 4.69) is 15.6 Å². The van der Waals surface area contributed by atoms with E-state index in [4.69, 9.17) is 6.42 Å². The molecule has 0 bridgehead atoms. The molecule has 0 saturated carbocycles. The van der Waals surface area contributed by atoms with Crippen LogP contribution in [0.25, 0.3) is 10.9 Å². The SMILES string of the molecule is C#CC(C)NS(=O)(=O)c1ccc(C)c2ncccc12. The predicted molar refractivity (Wildman–Crippen MR) is 75.1 cm³/mol. The van der Waals surface area contributed by atoms with Gasteiger partial charge in [0.2, 0.25) is 10.0 Å². The lowest BCUT2D eigenvalue weighted by Gasteiger charge is -2.12. The molecule has 0 aliphatic carbocycles. The molecule has 2 aromatic rings. The van der Waals surface area contributed by atoms with E-state index < -0.39 is 16.1 Å². The first-order valence-corrected chi connectivity index (χ1v) is 7.27. The Morgan fingerprint density at radius 3 is 2.79 bits per heavy atom. The first-order valence-electron chi connectivity index (χ1n) is 5.78. The summed E-state index contributed by atoms with van der Waals surface area (Å²) in [6.07, 6.45) is 6.85. The molecular weight excluding hydrogens is 260 g/mol. The number of pyridine rings is 1. The maximum Gasteiger partial charge on any atom is 0.242 e. The number of hydrogen-bond donors (Lipinski definition) is 1. The molecule has 1 N–H and O–H groups in total. The smallest absolute Gasteiger partial charge is 0.242 e. The van der Waals surface area contributed by atoms with E-state index in [-0.39, 0.29) is 4.90 Å². The van der Waals surface area contributed by atoms with Gasteiger partial charge < -0.3 is 0 Å². The average molecular weight is 274 g/mol. The Kier molecular flexibility index (Phi) is 3.56. The Hall–Kier alpha value is -1.90. The highest BCUT2D eigenvalue weighted by Crippen LogP contribution is 2.24. The van der Waals surface area contributed by atoms with Gasteiger partial charge in [-0.2, -0.15) is 4.72 Å². The summed E-state index contributed by atoms with van der Waals surface area (Å²) in [6, 6.07) is 6.21. The van der Waals surface area contributed by atoms with Crippen molar-refractivity contribution in [2.24, 2.45) is 0 Å². The molecule has 0 saturated heterocycles.